The third-order valence-electron chi connectivity index (χ3n) is 2.76. The maximum absolute atomic E-state index is 11.9. The molecule has 0 saturated heterocycles. The number of rotatable bonds is 3. The highest BCUT2D eigenvalue weighted by atomic mass is 16.4. The Bertz CT molecular complexity index is 621. The van der Waals surface area contributed by atoms with Gasteiger partial charge in [0, 0.05) is 11.3 Å². The fraction of sp³-hybridized carbons (Fsp3) is 0.0667. The molecule has 0 radical (unpaired) electrons. The van der Waals surface area contributed by atoms with Gasteiger partial charge in [-0.15, -0.1) is 0 Å². The maximum Gasteiger partial charge on any atom is 0.336 e. The van der Waals surface area contributed by atoms with Crippen LogP contribution in [-0.2, 0) is 0 Å². The van der Waals surface area contributed by atoms with Gasteiger partial charge in [-0.2, -0.15) is 0 Å². The van der Waals surface area contributed by atoms with E-state index in [1.165, 1.54) is 6.07 Å². The molecule has 0 heterocycles. The standard InChI is InChI=1S/C15H13NO3/c1-10-7-8-12(9-13(10)15(18)19)16-14(17)11-5-3-2-4-6-11/h2-9H,1H3,(H,16,17)(H,18,19). The van der Waals surface area contributed by atoms with E-state index in [1.54, 1.807) is 43.3 Å². The largest absolute Gasteiger partial charge is 0.478 e. The predicted octanol–water partition coefficient (Wildman–Crippen LogP) is 2.95. The van der Waals surface area contributed by atoms with Crippen molar-refractivity contribution in [1.29, 1.82) is 0 Å². The summed E-state index contributed by atoms with van der Waals surface area (Å²) in [6, 6.07) is 13.6. The number of nitrogens with one attached hydrogen (secondary N) is 1. The van der Waals surface area contributed by atoms with Crippen LogP contribution >= 0.6 is 0 Å². The summed E-state index contributed by atoms with van der Waals surface area (Å²) >= 11 is 0. The number of aryl methyl sites for hydroxylation is 1. The summed E-state index contributed by atoms with van der Waals surface area (Å²) in [5.74, 6) is -1.27. The van der Waals surface area contributed by atoms with Crippen LogP contribution in [0.15, 0.2) is 48.5 Å². The first kappa shape index (κ1) is 12.8. The van der Waals surface area contributed by atoms with Crippen molar-refractivity contribution in [2.45, 2.75) is 6.92 Å². The van der Waals surface area contributed by atoms with Crippen molar-refractivity contribution in [1.82, 2.24) is 0 Å². The first-order valence-corrected chi connectivity index (χ1v) is 5.78. The van der Waals surface area contributed by atoms with Crippen molar-refractivity contribution in [3.05, 3.63) is 65.2 Å². The van der Waals surface area contributed by atoms with Gasteiger partial charge in [0.2, 0.25) is 0 Å². The van der Waals surface area contributed by atoms with Crippen molar-refractivity contribution in [2.24, 2.45) is 0 Å². The van der Waals surface area contributed by atoms with Crippen LogP contribution in [0.4, 0.5) is 5.69 Å². The van der Waals surface area contributed by atoms with Crippen molar-refractivity contribution >= 4 is 17.6 Å². The molecule has 2 aromatic carbocycles. The Hall–Kier alpha value is -2.62. The molecule has 0 bridgehead atoms. The molecule has 4 nitrogen and oxygen atoms in total. The minimum Gasteiger partial charge on any atom is -0.478 e. The fourth-order valence-electron chi connectivity index (χ4n) is 1.72. The van der Waals surface area contributed by atoms with Gasteiger partial charge in [-0.05, 0) is 36.8 Å². The van der Waals surface area contributed by atoms with Crippen molar-refractivity contribution in [2.75, 3.05) is 5.32 Å². The number of hydrogen-bond donors (Lipinski definition) is 2. The highest BCUT2D eigenvalue weighted by Crippen LogP contribution is 2.16. The molecule has 1 amide bonds. The van der Waals surface area contributed by atoms with Gasteiger partial charge in [-0.1, -0.05) is 24.3 Å². The Morgan fingerprint density at radius 1 is 1.05 bits per heavy atom. The number of carbonyl (C=O) groups is 2. The van der Waals surface area contributed by atoms with Gasteiger partial charge in [0.05, 0.1) is 5.56 Å². The number of hydrogen-bond acceptors (Lipinski definition) is 2. The lowest BCUT2D eigenvalue weighted by Gasteiger charge is -2.07. The summed E-state index contributed by atoms with van der Waals surface area (Å²) < 4.78 is 0. The molecule has 0 aliphatic carbocycles. The third kappa shape index (κ3) is 2.98. The van der Waals surface area contributed by atoms with Gasteiger partial charge in [-0.3, -0.25) is 4.79 Å². The molecule has 0 aliphatic heterocycles. The lowest BCUT2D eigenvalue weighted by atomic mass is 10.1. The Morgan fingerprint density at radius 2 is 1.74 bits per heavy atom. The number of carboxylic acids is 1. The lowest BCUT2D eigenvalue weighted by Crippen LogP contribution is -2.12. The molecule has 0 fully saturated rings. The second-order valence-corrected chi connectivity index (χ2v) is 4.16. The summed E-state index contributed by atoms with van der Waals surface area (Å²) in [6.45, 7) is 1.71. The monoisotopic (exact) mass is 255 g/mol. The molecule has 4 heteroatoms. The molecule has 2 N–H and O–H groups in total. The summed E-state index contributed by atoms with van der Waals surface area (Å²) in [5, 5.41) is 11.7. The first-order chi connectivity index (χ1) is 9.08. The fourth-order valence-corrected chi connectivity index (χ4v) is 1.72. The Morgan fingerprint density at radius 3 is 2.37 bits per heavy atom. The number of benzene rings is 2. The van der Waals surface area contributed by atoms with Crippen LogP contribution in [0.25, 0.3) is 0 Å². The number of aromatic carboxylic acids is 1. The van der Waals surface area contributed by atoms with Crippen LogP contribution in [-0.4, -0.2) is 17.0 Å². The highest BCUT2D eigenvalue weighted by molar-refractivity contribution is 6.04. The molecular weight excluding hydrogens is 242 g/mol. The molecule has 0 aliphatic rings. The Balaban J connectivity index is 2.23. The molecule has 2 aromatic rings. The summed E-state index contributed by atoms with van der Waals surface area (Å²) in [7, 11) is 0. The number of carboxylic acid groups (broad SMARTS) is 1. The average Bonchev–Trinajstić information content (AvgIpc) is 2.41. The van der Waals surface area contributed by atoms with Crippen LogP contribution < -0.4 is 5.32 Å². The van der Waals surface area contributed by atoms with Crippen LogP contribution in [0, 0.1) is 6.92 Å². The van der Waals surface area contributed by atoms with E-state index in [4.69, 9.17) is 5.11 Å². The van der Waals surface area contributed by atoms with E-state index in [1.807, 2.05) is 6.07 Å². The molecule has 2 rings (SSSR count). The van der Waals surface area contributed by atoms with Gasteiger partial charge in [0.15, 0.2) is 0 Å². The molecule has 0 unspecified atom stereocenters. The van der Waals surface area contributed by atoms with Gasteiger partial charge >= 0.3 is 5.97 Å². The van der Waals surface area contributed by atoms with E-state index in [-0.39, 0.29) is 11.5 Å². The molecule has 0 atom stereocenters. The second-order valence-electron chi connectivity index (χ2n) is 4.16. The number of anilines is 1. The van der Waals surface area contributed by atoms with E-state index in [0.29, 0.717) is 16.8 Å². The first-order valence-electron chi connectivity index (χ1n) is 5.78. The zero-order valence-corrected chi connectivity index (χ0v) is 10.4. The van der Waals surface area contributed by atoms with Crippen LogP contribution in [0.5, 0.6) is 0 Å². The zero-order valence-electron chi connectivity index (χ0n) is 10.4. The van der Waals surface area contributed by atoms with Gasteiger partial charge in [0.1, 0.15) is 0 Å². The number of amides is 1. The normalized spacial score (nSPS) is 9.95. The van der Waals surface area contributed by atoms with Gasteiger partial charge < -0.3 is 10.4 Å². The third-order valence-corrected chi connectivity index (χ3v) is 2.76. The quantitative estimate of drug-likeness (QED) is 0.886. The second kappa shape index (κ2) is 5.35. The predicted molar refractivity (Wildman–Crippen MR) is 72.5 cm³/mol. The molecule has 19 heavy (non-hydrogen) atoms. The minimum absolute atomic E-state index is 0.186. The zero-order chi connectivity index (χ0) is 13.8. The molecule has 0 aromatic heterocycles. The van der Waals surface area contributed by atoms with Crippen LogP contribution in [0.2, 0.25) is 0 Å². The van der Waals surface area contributed by atoms with Crippen molar-refractivity contribution in [3.63, 3.8) is 0 Å². The maximum atomic E-state index is 11.9. The van der Waals surface area contributed by atoms with E-state index in [2.05, 4.69) is 5.32 Å². The highest BCUT2D eigenvalue weighted by Gasteiger charge is 2.10. The summed E-state index contributed by atoms with van der Waals surface area (Å²) in [4.78, 5) is 22.9. The topological polar surface area (TPSA) is 66.4 Å². The smallest absolute Gasteiger partial charge is 0.336 e. The average molecular weight is 255 g/mol. The molecule has 0 saturated carbocycles. The summed E-state index contributed by atoms with van der Waals surface area (Å²) in [5.41, 5.74) is 1.84. The van der Waals surface area contributed by atoms with Crippen molar-refractivity contribution in [3.8, 4) is 0 Å². The van der Waals surface area contributed by atoms with E-state index >= 15 is 0 Å². The lowest BCUT2D eigenvalue weighted by molar-refractivity contribution is 0.0695. The minimum atomic E-state index is -1.01. The van der Waals surface area contributed by atoms with E-state index in [0.717, 1.165) is 0 Å². The summed E-state index contributed by atoms with van der Waals surface area (Å²) in [6.07, 6.45) is 0. The van der Waals surface area contributed by atoms with Crippen molar-refractivity contribution < 1.29 is 14.7 Å². The van der Waals surface area contributed by atoms with Crippen LogP contribution in [0.3, 0.4) is 0 Å². The molecule has 96 valence electrons. The molecule has 0 spiro atoms. The Labute approximate surface area is 110 Å². The van der Waals surface area contributed by atoms with E-state index in [9.17, 15) is 9.59 Å². The van der Waals surface area contributed by atoms with E-state index < -0.39 is 5.97 Å². The van der Waals surface area contributed by atoms with Gasteiger partial charge in [-0.25, -0.2) is 4.79 Å². The number of carbonyl (C=O) groups excluding carboxylic acids is 1. The van der Waals surface area contributed by atoms with Gasteiger partial charge in [0.25, 0.3) is 5.91 Å². The Kier molecular flexibility index (Phi) is 3.61. The van der Waals surface area contributed by atoms with Crippen LogP contribution in [0.1, 0.15) is 26.3 Å². The SMILES string of the molecule is Cc1ccc(NC(=O)c2ccccc2)cc1C(=O)O. The molecular formula is C15H13NO3.